The van der Waals surface area contributed by atoms with Gasteiger partial charge in [-0.1, -0.05) is 89.7 Å². The summed E-state index contributed by atoms with van der Waals surface area (Å²) in [6.07, 6.45) is 14.6. The lowest BCUT2D eigenvalue weighted by atomic mass is 10.0. The van der Waals surface area contributed by atoms with Gasteiger partial charge in [-0.2, -0.15) is 13.2 Å². The minimum absolute atomic E-state index is 0.271. The van der Waals surface area contributed by atoms with Crippen LogP contribution in [0.15, 0.2) is 24.3 Å². The Kier molecular flexibility index (Phi) is 16.2. The van der Waals surface area contributed by atoms with E-state index in [2.05, 4.69) is 41.6 Å². The highest BCUT2D eigenvalue weighted by Crippen LogP contribution is 2.23. The number of hydrogen-bond donors (Lipinski definition) is 1. The number of halogens is 3. The van der Waals surface area contributed by atoms with Crippen molar-refractivity contribution in [2.75, 3.05) is 19.6 Å². The Bertz CT molecular complexity index is 643. The number of alkyl halides is 3. The molecule has 0 bridgehead atoms. The maximum atomic E-state index is 12.1. The van der Waals surface area contributed by atoms with Gasteiger partial charge in [-0.15, -0.1) is 0 Å². The molecule has 1 aliphatic heterocycles. The van der Waals surface area contributed by atoms with E-state index < -0.39 is 12.6 Å². The van der Waals surface area contributed by atoms with E-state index in [9.17, 15) is 13.2 Å². The van der Waals surface area contributed by atoms with Gasteiger partial charge in [-0.05, 0) is 56.2 Å². The van der Waals surface area contributed by atoms with Crippen molar-refractivity contribution >= 4 is 0 Å². The Morgan fingerprint density at radius 3 is 1.94 bits per heavy atom. The molecule has 1 saturated heterocycles. The molecule has 0 radical (unpaired) electrons. The molecule has 1 fully saturated rings. The largest absolute Gasteiger partial charge is 0.490 e. The predicted molar refractivity (Wildman–Crippen MR) is 144 cm³/mol. The van der Waals surface area contributed by atoms with Gasteiger partial charge >= 0.3 is 6.18 Å². The van der Waals surface area contributed by atoms with Gasteiger partial charge in [-0.3, -0.25) is 5.43 Å². The minimum Gasteiger partial charge on any atom is -0.490 e. The van der Waals surface area contributed by atoms with Gasteiger partial charge in [0.25, 0.3) is 0 Å². The maximum absolute atomic E-state index is 12.1. The molecule has 0 saturated carbocycles. The molecule has 1 N–H and O–H groups in total. The molecule has 208 valence electrons. The highest BCUT2D eigenvalue weighted by atomic mass is 19.4. The summed E-state index contributed by atoms with van der Waals surface area (Å²) in [6.45, 7) is 5.44. The Hall–Kier alpha value is -1.27. The van der Waals surface area contributed by atoms with E-state index in [4.69, 9.17) is 4.74 Å². The average molecular weight is 513 g/mol. The van der Waals surface area contributed by atoms with E-state index in [0.717, 1.165) is 76.8 Å². The van der Waals surface area contributed by atoms with Gasteiger partial charge in [0.1, 0.15) is 11.9 Å². The number of nitrogens with one attached hydrogen (secondary N) is 1. The number of benzene rings is 1. The van der Waals surface area contributed by atoms with Crippen molar-refractivity contribution in [3.05, 3.63) is 29.8 Å². The van der Waals surface area contributed by atoms with Gasteiger partial charge in [-0.25, -0.2) is 5.01 Å². The van der Waals surface area contributed by atoms with Crippen LogP contribution < -0.4 is 10.2 Å². The second-order valence-corrected chi connectivity index (χ2v) is 10.6. The van der Waals surface area contributed by atoms with Gasteiger partial charge in [0, 0.05) is 26.1 Å². The van der Waals surface area contributed by atoms with E-state index in [-0.39, 0.29) is 6.42 Å². The molecule has 1 aliphatic rings. The zero-order valence-corrected chi connectivity index (χ0v) is 22.7. The number of rotatable bonds is 20. The number of nitrogens with zero attached hydrogens (tertiary/aromatic N) is 1. The molecule has 3 nitrogen and oxygen atoms in total. The quantitative estimate of drug-likeness (QED) is 0.176. The van der Waals surface area contributed by atoms with Crippen LogP contribution in [-0.4, -0.2) is 36.9 Å². The third-order valence-electron chi connectivity index (χ3n) is 7.21. The zero-order chi connectivity index (χ0) is 25.9. The predicted octanol–water partition coefficient (Wildman–Crippen LogP) is 9.01. The standard InChI is InChI=1S/C30H51F3N2O/c1-2-3-4-5-9-12-15-24-34-35-25-21-29(22-26-35)36-28-19-17-27(18-20-28)16-13-10-7-6-8-11-14-23-30(31,32)33/h17-20,29,34H,2-16,21-26H2,1H3. The molecule has 0 spiro atoms. The topological polar surface area (TPSA) is 24.5 Å². The van der Waals surface area contributed by atoms with Crippen LogP contribution >= 0.6 is 0 Å². The maximum Gasteiger partial charge on any atom is 0.389 e. The van der Waals surface area contributed by atoms with E-state index in [0.29, 0.717) is 12.5 Å². The van der Waals surface area contributed by atoms with Crippen molar-refractivity contribution in [1.82, 2.24) is 10.4 Å². The summed E-state index contributed by atoms with van der Waals surface area (Å²) in [6, 6.07) is 8.54. The summed E-state index contributed by atoms with van der Waals surface area (Å²) in [7, 11) is 0. The fourth-order valence-electron chi connectivity index (χ4n) is 4.92. The lowest BCUT2D eigenvalue weighted by Gasteiger charge is -2.32. The first-order valence-corrected chi connectivity index (χ1v) is 14.8. The van der Waals surface area contributed by atoms with Crippen LogP contribution in [0.5, 0.6) is 5.75 Å². The molecule has 1 aromatic rings. The van der Waals surface area contributed by atoms with Crippen LogP contribution in [0.25, 0.3) is 0 Å². The first-order valence-electron chi connectivity index (χ1n) is 14.8. The number of aryl methyl sites for hydroxylation is 1. The van der Waals surface area contributed by atoms with Crippen LogP contribution in [-0.2, 0) is 6.42 Å². The highest BCUT2D eigenvalue weighted by Gasteiger charge is 2.25. The lowest BCUT2D eigenvalue weighted by molar-refractivity contribution is -0.135. The number of hydrazine groups is 1. The number of hydrogen-bond acceptors (Lipinski definition) is 3. The summed E-state index contributed by atoms with van der Waals surface area (Å²) >= 11 is 0. The van der Waals surface area contributed by atoms with Crippen molar-refractivity contribution in [2.45, 2.75) is 135 Å². The number of unbranched alkanes of at least 4 members (excludes halogenated alkanes) is 12. The normalized spacial score (nSPS) is 15.4. The Balaban J connectivity index is 1.46. The van der Waals surface area contributed by atoms with Crippen molar-refractivity contribution in [2.24, 2.45) is 0 Å². The van der Waals surface area contributed by atoms with E-state index in [1.165, 1.54) is 50.5 Å². The van der Waals surface area contributed by atoms with E-state index >= 15 is 0 Å². The summed E-state index contributed by atoms with van der Waals surface area (Å²) in [4.78, 5) is 0. The zero-order valence-electron chi connectivity index (χ0n) is 22.7. The SMILES string of the molecule is CCCCCCCCCNN1CCC(Oc2ccc(CCCCCCCCCC(F)(F)F)cc2)CC1. The monoisotopic (exact) mass is 512 g/mol. The molecule has 6 heteroatoms. The molecular weight excluding hydrogens is 461 g/mol. The minimum atomic E-state index is -4.00. The fourth-order valence-corrected chi connectivity index (χ4v) is 4.92. The highest BCUT2D eigenvalue weighted by molar-refractivity contribution is 5.27. The summed E-state index contributed by atoms with van der Waals surface area (Å²) in [5, 5.41) is 2.36. The molecular formula is C30H51F3N2O. The molecule has 0 amide bonds. The van der Waals surface area contributed by atoms with Crippen molar-refractivity contribution in [3.8, 4) is 5.75 Å². The second-order valence-electron chi connectivity index (χ2n) is 10.6. The first kappa shape index (κ1) is 31.0. The van der Waals surface area contributed by atoms with Gasteiger partial charge < -0.3 is 4.74 Å². The van der Waals surface area contributed by atoms with Crippen molar-refractivity contribution < 1.29 is 17.9 Å². The molecule has 0 aromatic heterocycles. The molecule has 2 rings (SSSR count). The summed E-state index contributed by atoms with van der Waals surface area (Å²) in [5.74, 6) is 0.965. The Morgan fingerprint density at radius 1 is 0.778 bits per heavy atom. The Morgan fingerprint density at radius 2 is 1.33 bits per heavy atom. The van der Waals surface area contributed by atoms with Crippen LogP contribution in [0.4, 0.5) is 13.2 Å². The third kappa shape index (κ3) is 15.8. The second kappa shape index (κ2) is 18.9. The Labute approximate surface area is 218 Å². The van der Waals surface area contributed by atoms with Crippen LogP contribution in [0.3, 0.4) is 0 Å². The van der Waals surface area contributed by atoms with Crippen LogP contribution in [0.2, 0.25) is 0 Å². The molecule has 1 heterocycles. The third-order valence-corrected chi connectivity index (χ3v) is 7.21. The smallest absolute Gasteiger partial charge is 0.389 e. The summed E-state index contributed by atoms with van der Waals surface area (Å²) < 4.78 is 42.6. The van der Waals surface area contributed by atoms with E-state index in [1.54, 1.807) is 0 Å². The van der Waals surface area contributed by atoms with Gasteiger partial charge in [0.15, 0.2) is 0 Å². The average Bonchev–Trinajstić information content (AvgIpc) is 2.86. The van der Waals surface area contributed by atoms with Crippen LogP contribution in [0.1, 0.15) is 122 Å². The molecule has 36 heavy (non-hydrogen) atoms. The first-order chi connectivity index (χ1) is 17.5. The van der Waals surface area contributed by atoms with Crippen LogP contribution in [0, 0.1) is 0 Å². The lowest BCUT2D eigenvalue weighted by Crippen LogP contribution is -2.46. The number of piperidine rings is 1. The van der Waals surface area contributed by atoms with Crippen molar-refractivity contribution in [1.29, 1.82) is 0 Å². The van der Waals surface area contributed by atoms with Gasteiger partial charge in [0.2, 0.25) is 0 Å². The van der Waals surface area contributed by atoms with E-state index in [1.807, 2.05) is 0 Å². The summed E-state index contributed by atoms with van der Waals surface area (Å²) in [5.41, 5.74) is 4.93. The molecule has 0 unspecified atom stereocenters. The molecule has 1 aromatic carbocycles. The fraction of sp³-hybridized carbons (Fsp3) is 0.800. The van der Waals surface area contributed by atoms with Gasteiger partial charge in [0.05, 0.1) is 0 Å². The molecule has 0 atom stereocenters. The molecule has 0 aliphatic carbocycles. The van der Waals surface area contributed by atoms with Crippen molar-refractivity contribution in [3.63, 3.8) is 0 Å². The number of ether oxygens (including phenoxy) is 1.